The summed E-state index contributed by atoms with van der Waals surface area (Å²) in [4.78, 5) is 11.0. The molecule has 0 saturated heterocycles. The Morgan fingerprint density at radius 3 is 2.14 bits per heavy atom. The van der Waals surface area contributed by atoms with Crippen LogP contribution in [0.3, 0.4) is 0 Å². The molecule has 0 amide bonds. The molecule has 2 N–H and O–H groups in total. The molecule has 0 radical (unpaired) electrons. The predicted molar refractivity (Wildman–Crippen MR) is 82.4 cm³/mol. The Hall–Kier alpha value is -1.40. The highest BCUT2D eigenvalue weighted by Crippen LogP contribution is 2.28. The van der Waals surface area contributed by atoms with E-state index in [1.54, 1.807) is 0 Å². The average molecular weight is 313 g/mol. The Bertz CT molecular complexity index is 552. The molecular formula is C15H23NO4S. The highest BCUT2D eigenvalue weighted by molar-refractivity contribution is 7.90. The second kappa shape index (κ2) is 7.56. The second-order valence-electron chi connectivity index (χ2n) is 5.11. The minimum Gasteiger partial charge on any atom is -0.480 e. The third-order valence-electron chi connectivity index (χ3n) is 3.78. The average Bonchev–Trinajstić information content (AvgIpc) is 2.47. The molecule has 0 aliphatic carbocycles. The van der Waals surface area contributed by atoms with Crippen LogP contribution in [0.4, 0.5) is 0 Å². The molecule has 0 saturated carbocycles. The lowest BCUT2D eigenvalue weighted by molar-refractivity contribution is -0.136. The summed E-state index contributed by atoms with van der Waals surface area (Å²) in [7, 11) is -3.92. The Labute approximate surface area is 126 Å². The minimum absolute atomic E-state index is 0.114. The number of hydrogen-bond acceptors (Lipinski definition) is 3. The Balaban J connectivity index is 3.12. The molecular weight excluding hydrogens is 290 g/mol. The molecule has 0 fully saturated rings. The van der Waals surface area contributed by atoms with E-state index in [-0.39, 0.29) is 5.92 Å². The van der Waals surface area contributed by atoms with E-state index in [9.17, 15) is 13.2 Å². The van der Waals surface area contributed by atoms with Crippen molar-refractivity contribution in [2.24, 2.45) is 5.92 Å². The molecule has 1 aromatic rings. The molecule has 0 heterocycles. The number of carboxylic acids is 1. The van der Waals surface area contributed by atoms with Crippen molar-refractivity contribution in [3.05, 3.63) is 35.9 Å². The summed E-state index contributed by atoms with van der Waals surface area (Å²) in [5.74, 6) is -1.23. The molecule has 0 aliphatic rings. The van der Waals surface area contributed by atoms with Crippen LogP contribution < -0.4 is 4.72 Å². The number of hydrogen-bond donors (Lipinski definition) is 2. The van der Waals surface area contributed by atoms with Gasteiger partial charge in [-0.05, 0) is 18.4 Å². The molecule has 21 heavy (non-hydrogen) atoms. The number of carboxylic acid groups (broad SMARTS) is 1. The van der Waals surface area contributed by atoms with Gasteiger partial charge in [0.05, 0.1) is 0 Å². The van der Waals surface area contributed by atoms with Gasteiger partial charge in [0.15, 0.2) is 5.25 Å². The molecule has 1 aromatic carbocycles. The van der Waals surface area contributed by atoms with Gasteiger partial charge in [-0.15, -0.1) is 0 Å². The number of aliphatic carboxylic acids is 1. The fraction of sp³-hybridized carbons (Fsp3) is 0.533. The lowest BCUT2D eigenvalue weighted by Gasteiger charge is -2.27. The van der Waals surface area contributed by atoms with E-state index >= 15 is 0 Å². The van der Waals surface area contributed by atoms with Crippen molar-refractivity contribution in [2.75, 3.05) is 0 Å². The number of carbonyl (C=O) groups is 1. The maximum absolute atomic E-state index is 12.2. The first-order valence-corrected chi connectivity index (χ1v) is 8.67. The van der Waals surface area contributed by atoms with E-state index in [0.29, 0.717) is 0 Å². The molecule has 0 aromatic heterocycles. The van der Waals surface area contributed by atoms with Crippen LogP contribution in [0.1, 0.15) is 45.2 Å². The van der Waals surface area contributed by atoms with Crippen LogP contribution in [-0.4, -0.2) is 24.7 Å². The number of rotatable bonds is 8. The van der Waals surface area contributed by atoms with E-state index in [1.807, 2.05) is 44.2 Å². The van der Waals surface area contributed by atoms with Gasteiger partial charge >= 0.3 is 5.97 Å². The minimum atomic E-state index is -3.92. The third kappa shape index (κ3) is 4.54. The van der Waals surface area contributed by atoms with Crippen molar-refractivity contribution in [3.8, 4) is 0 Å². The van der Waals surface area contributed by atoms with Crippen molar-refractivity contribution in [1.82, 2.24) is 4.72 Å². The first-order valence-electron chi connectivity index (χ1n) is 7.12. The Morgan fingerprint density at radius 1 is 1.19 bits per heavy atom. The first kappa shape index (κ1) is 17.7. The molecule has 0 bridgehead atoms. The van der Waals surface area contributed by atoms with Gasteiger partial charge in [0, 0.05) is 6.04 Å². The van der Waals surface area contributed by atoms with Crippen molar-refractivity contribution in [1.29, 1.82) is 0 Å². The van der Waals surface area contributed by atoms with Gasteiger partial charge in [-0.1, -0.05) is 57.0 Å². The largest absolute Gasteiger partial charge is 0.480 e. The fourth-order valence-electron chi connectivity index (χ4n) is 2.27. The van der Waals surface area contributed by atoms with E-state index in [2.05, 4.69) is 4.72 Å². The Morgan fingerprint density at radius 2 is 1.71 bits per heavy atom. The zero-order valence-electron chi connectivity index (χ0n) is 12.6. The SMILES string of the molecule is CCC(CC)C(NS(=O)(=O)C(C)C(=O)O)c1ccccc1. The zero-order valence-corrected chi connectivity index (χ0v) is 13.4. The van der Waals surface area contributed by atoms with E-state index in [0.717, 1.165) is 18.4 Å². The number of benzene rings is 1. The number of nitrogens with one attached hydrogen (secondary N) is 1. The van der Waals surface area contributed by atoms with Gasteiger partial charge in [0.2, 0.25) is 10.0 Å². The maximum atomic E-state index is 12.2. The summed E-state index contributed by atoms with van der Waals surface area (Å²) in [6, 6.07) is 8.86. The monoisotopic (exact) mass is 313 g/mol. The van der Waals surface area contributed by atoms with Crippen LogP contribution >= 0.6 is 0 Å². The van der Waals surface area contributed by atoms with Crippen LogP contribution in [0.15, 0.2) is 30.3 Å². The van der Waals surface area contributed by atoms with Crippen molar-refractivity contribution in [2.45, 2.75) is 44.9 Å². The van der Waals surface area contributed by atoms with Crippen LogP contribution in [-0.2, 0) is 14.8 Å². The number of sulfonamides is 1. The summed E-state index contributed by atoms with van der Waals surface area (Å²) < 4.78 is 27.0. The van der Waals surface area contributed by atoms with Gasteiger partial charge in [-0.25, -0.2) is 13.1 Å². The highest BCUT2D eigenvalue weighted by atomic mass is 32.2. The van der Waals surface area contributed by atoms with Crippen LogP contribution in [0.5, 0.6) is 0 Å². The second-order valence-corrected chi connectivity index (χ2v) is 7.14. The normalized spacial score (nSPS) is 14.9. The molecule has 2 atom stereocenters. The summed E-state index contributed by atoms with van der Waals surface area (Å²) in [6.45, 7) is 5.18. The molecule has 1 rings (SSSR count). The molecule has 0 spiro atoms. The predicted octanol–water partition coefficient (Wildman–Crippen LogP) is 2.56. The molecule has 118 valence electrons. The topological polar surface area (TPSA) is 83.5 Å². The Kier molecular flexibility index (Phi) is 6.36. The van der Waals surface area contributed by atoms with E-state index in [1.165, 1.54) is 6.92 Å². The zero-order chi connectivity index (χ0) is 16.0. The molecule has 6 heteroatoms. The van der Waals surface area contributed by atoms with Crippen molar-refractivity contribution in [3.63, 3.8) is 0 Å². The van der Waals surface area contributed by atoms with Gasteiger partial charge < -0.3 is 5.11 Å². The van der Waals surface area contributed by atoms with Crippen molar-refractivity contribution < 1.29 is 18.3 Å². The van der Waals surface area contributed by atoms with Gasteiger partial charge in [-0.3, -0.25) is 4.79 Å². The van der Waals surface area contributed by atoms with Crippen LogP contribution in [0.25, 0.3) is 0 Å². The highest BCUT2D eigenvalue weighted by Gasteiger charge is 2.32. The lowest BCUT2D eigenvalue weighted by atomic mass is 9.90. The van der Waals surface area contributed by atoms with Crippen LogP contribution in [0, 0.1) is 5.92 Å². The van der Waals surface area contributed by atoms with Crippen molar-refractivity contribution >= 4 is 16.0 Å². The molecule has 2 unspecified atom stereocenters. The van der Waals surface area contributed by atoms with Crippen LogP contribution in [0.2, 0.25) is 0 Å². The lowest BCUT2D eigenvalue weighted by Crippen LogP contribution is -2.41. The smallest absolute Gasteiger partial charge is 0.323 e. The summed E-state index contributed by atoms with van der Waals surface area (Å²) in [6.07, 6.45) is 1.61. The molecule has 0 aliphatic heterocycles. The first-order chi connectivity index (χ1) is 9.83. The fourth-order valence-corrected chi connectivity index (χ4v) is 3.42. The summed E-state index contributed by atoms with van der Waals surface area (Å²) >= 11 is 0. The third-order valence-corrected chi connectivity index (χ3v) is 5.50. The maximum Gasteiger partial charge on any atom is 0.323 e. The van der Waals surface area contributed by atoms with Gasteiger partial charge in [0.1, 0.15) is 0 Å². The van der Waals surface area contributed by atoms with Gasteiger partial charge in [-0.2, -0.15) is 0 Å². The van der Waals surface area contributed by atoms with E-state index < -0.39 is 27.3 Å². The van der Waals surface area contributed by atoms with E-state index in [4.69, 9.17) is 5.11 Å². The molecule has 5 nitrogen and oxygen atoms in total. The van der Waals surface area contributed by atoms with Gasteiger partial charge in [0.25, 0.3) is 0 Å². The standard InChI is InChI=1S/C15H23NO4S/c1-4-12(5-2)14(13-9-7-6-8-10-13)16-21(19,20)11(3)15(17)18/h6-12,14,16H,4-5H2,1-3H3,(H,17,18). The summed E-state index contributed by atoms with van der Waals surface area (Å²) in [5, 5.41) is 7.46. The quantitative estimate of drug-likeness (QED) is 0.772. The summed E-state index contributed by atoms with van der Waals surface area (Å²) in [5.41, 5.74) is 0.854.